The fraction of sp³-hybridized carbons (Fsp3) is 0.125. The van der Waals surface area contributed by atoms with Gasteiger partial charge in [-0.15, -0.1) is 0 Å². The summed E-state index contributed by atoms with van der Waals surface area (Å²) in [4.78, 5) is 12.8. The third-order valence-corrected chi connectivity index (χ3v) is 6.30. The number of hydrogen-bond donors (Lipinski definition) is 1. The quantitative estimate of drug-likeness (QED) is 0.145. The molecule has 0 unspecified atom stereocenters. The molecular formula is C32H26Cl2N2O4. The molecule has 1 amide bonds. The van der Waals surface area contributed by atoms with Crippen molar-refractivity contribution in [2.75, 3.05) is 11.9 Å². The van der Waals surface area contributed by atoms with Gasteiger partial charge in [0.15, 0.2) is 11.5 Å². The van der Waals surface area contributed by atoms with Gasteiger partial charge in [-0.25, -0.2) is 0 Å². The molecule has 0 heterocycles. The van der Waals surface area contributed by atoms with Crippen LogP contribution in [0.2, 0.25) is 10.0 Å². The number of nitrogens with one attached hydrogen (secondary N) is 1. The molecule has 202 valence electrons. The predicted molar refractivity (Wildman–Crippen MR) is 158 cm³/mol. The molecule has 0 aromatic heterocycles. The molecular weight excluding hydrogens is 547 g/mol. The lowest BCUT2D eigenvalue weighted by Gasteiger charge is -2.13. The molecule has 0 aliphatic heterocycles. The van der Waals surface area contributed by atoms with Gasteiger partial charge in [-0.3, -0.25) is 4.79 Å². The first-order valence-electron chi connectivity index (χ1n) is 12.5. The number of rotatable bonds is 11. The molecule has 40 heavy (non-hydrogen) atoms. The molecule has 6 nitrogen and oxygen atoms in total. The Morgan fingerprint density at radius 2 is 1.68 bits per heavy atom. The molecule has 0 bridgehead atoms. The summed E-state index contributed by atoms with van der Waals surface area (Å²) in [6.07, 6.45) is 1.50. The SMILES string of the molecule is CCOc1cc(/C=C(\C#N)C(=O)Nc2ccc(OCc3ccccc3Cl)cc2)ccc1OCc1cccc(Cl)c1. The minimum atomic E-state index is -0.536. The number of anilines is 1. The van der Waals surface area contributed by atoms with Crippen LogP contribution < -0.4 is 19.5 Å². The van der Waals surface area contributed by atoms with Gasteiger partial charge in [0, 0.05) is 21.3 Å². The first-order chi connectivity index (χ1) is 19.4. The summed E-state index contributed by atoms with van der Waals surface area (Å²) >= 11 is 12.2. The first kappa shape index (κ1) is 28.6. The number of nitriles is 1. The standard InChI is InChI=1S/C32H26Cl2N2O4/c1-2-38-31-18-22(10-15-30(31)40-20-23-6-5-8-26(33)17-23)16-25(19-35)32(37)36-27-11-13-28(14-12-27)39-21-24-7-3-4-9-29(24)34/h3-18H,2,20-21H2,1H3,(H,36,37)/b25-16+. The van der Waals surface area contributed by atoms with Gasteiger partial charge < -0.3 is 19.5 Å². The van der Waals surface area contributed by atoms with Crippen LogP contribution in [0.5, 0.6) is 17.2 Å². The number of halogens is 2. The average Bonchev–Trinajstić information content (AvgIpc) is 2.96. The molecule has 4 aromatic rings. The van der Waals surface area contributed by atoms with Crippen LogP contribution in [-0.4, -0.2) is 12.5 Å². The summed E-state index contributed by atoms with van der Waals surface area (Å²) in [6, 6.07) is 28.9. The normalized spacial score (nSPS) is 10.9. The Labute approximate surface area is 243 Å². The second-order valence-corrected chi connectivity index (χ2v) is 9.43. The van der Waals surface area contributed by atoms with Crippen LogP contribution in [0.25, 0.3) is 6.08 Å². The lowest BCUT2D eigenvalue weighted by atomic mass is 10.1. The van der Waals surface area contributed by atoms with E-state index in [0.29, 0.717) is 58.4 Å². The highest BCUT2D eigenvalue weighted by atomic mass is 35.5. The van der Waals surface area contributed by atoms with Crippen LogP contribution in [0.15, 0.2) is 96.6 Å². The Morgan fingerprint density at radius 3 is 2.40 bits per heavy atom. The maximum absolute atomic E-state index is 12.8. The highest BCUT2D eigenvalue weighted by Gasteiger charge is 2.12. The number of hydrogen-bond acceptors (Lipinski definition) is 5. The Bertz CT molecular complexity index is 1550. The van der Waals surface area contributed by atoms with Crippen LogP contribution >= 0.6 is 23.2 Å². The summed E-state index contributed by atoms with van der Waals surface area (Å²) in [5.41, 5.74) is 2.87. The van der Waals surface area contributed by atoms with E-state index in [0.717, 1.165) is 11.1 Å². The number of carbonyl (C=O) groups excluding carboxylic acids is 1. The van der Waals surface area contributed by atoms with Gasteiger partial charge in [0.25, 0.3) is 5.91 Å². The highest BCUT2D eigenvalue weighted by Crippen LogP contribution is 2.30. The number of amides is 1. The molecule has 0 atom stereocenters. The molecule has 0 saturated carbocycles. The van der Waals surface area contributed by atoms with Crippen molar-refractivity contribution < 1.29 is 19.0 Å². The van der Waals surface area contributed by atoms with E-state index in [1.807, 2.05) is 55.5 Å². The topological polar surface area (TPSA) is 80.6 Å². The number of ether oxygens (including phenoxy) is 3. The molecule has 8 heteroatoms. The third-order valence-electron chi connectivity index (χ3n) is 5.69. The van der Waals surface area contributed by atoms with Crippen LogP contribution in [0, 0.1) is 11.3 Å². The minimum Gasteiger partial charge on any atom is -0.490 e. The van der Waals surface area contributed by atoms with Crippen LogP contribution in [0.4, 0.5) is 5.69 Å². The Hall–Kier alpha value is -4.44. The largest absolute Gasteiger partial charge is 0.490 e. The van der Waals surface area contributed by atoms with Crippen molar-refractivity contribution in [3.63, 3.8) is 0 Å². The number of nitrogens with zero attached hydrogens (tertiary/aromatic N) is 1. The van der Waals surface area contributed by atoms with Crippen LogP contribution in [0.1, 0.15) is 23.6 Å². The van der Waals surface area contributed by atoms with Gasteiger partial charge in [-0.2, -0.15) is 5.26 Å². The van der Waals surface area contributed by atoms with E-state index in [-0.39, 0.29) is 5.57 Å². The Balaban J connectivity index is 1.40. The second kappa shape index (κ2) is 14.1. The summed E-state index contributed by atoms with van der Waals surface area (Å²) in [5, 5.41) is 13.7. The number of benzene rings is 4. The zero-order chi connectivity index (χ0) is 28.3. The first-order valence-corrected chi connectivity index (χ1v) is 13.2. The molecule has 1 N–H and O–H groups in total. The lowest BCUT2D eigenvalue weighted by Crippen LogP contribution is -2.13. The zero-order valence-electron chi connectivity index (χ0n) is 21.7. The third kappa shape index (κ3) is 8.03. The molecule has 0 spiro atoms. The van der Waals surface area contributed by atoms with Gasteiger partial charge >= 0.3 is 0 Å². The second-order valence-electron chi connectivity index (χ2n) is 8.59. The van der Waals surface area contributed by atoms with E-state index >= 15 is 0 Å². The fourth-order valence-corrected chi connectivity index (χ4v) is 4.12. The summed E-state index contributed by atoms with van der Waals surface area (Å²) in [6.45, 7) is 2.92. The van der Waals surface area contributed by atoms with Gasteiger partial charge in [-0.1, -0.05) is 59.6 Å². The van der Waals surface area contributed by atoms with E-state index in [9.17, 15) is 10.1 Å². The zero-order valence-corrected chi connectivity index (χ0v) is 23.2. The van der Waals surface area contributed by atoms with E-state index < -0.39 is 5.91 Å². The van der Waals surface area contributed by atoms with Gasteiger partial charge in [0.05, 0.1) is 6.61 Å². The molecule has 4 aromatic carbocycles. The maximum Gasteiger partial charge on any atom is 0.266 e. The van der Waals surface area contributed by atoms with Crippen molar-refractivity contribution in [2.45, 2.75) is 20.1 Å². The van der Waals surface area contributed by atoms with Crippen molar-refractivity contribution in [3.8, 4) is 23.3 Å². The van der Waals surface area contributed by atoms with Crippen molar-refractivity contribution in [3.05, 3.63) is 123 Å². The summed E-state index contributed by atoms with van der Waals surface area (Å²) < 4.78 is 17.5. The van der Waals surface area contributed by atoms with Gasteiger partial charge in [0.1, 0.15) is 30.6 Å². The maximum atomic E-state index is 12.8. The molecule has 0 radical (unpaired) electrons. The smallest absolute Gasteiger partial charge is 0.266 e. The van der Waals surface area contributed by atoms with Gasteiger partial charge in [-0.05, 0) is 78.7 Å². The summed E-state index contributed by atoms with van der Waals surface area (Å²) in [7, 11) is 0. The van der Waals surface area contributed by atoms with E-state index in [4.69, 9.17) is 37.4 Å². The van der Waals surface area contributed by atoms with E-state index in [1.165, 1.54) is 6.08 Å². The average molecular weight is 573 g/mol. The summed E-state index contributed by atoms with van der Waals surface area (Å²) in [5.74, 6) is 1.13. The Kier molecular flexibility index (Phi) is 10.1. The highest BCUT2D eigenvalue weighted by molar-refractivity contribution is 6.31. The van der Waals surface area contributed by atoms with E-state index in [1.54, 1.807) is 48.5 Å². The molecule has 0 fully saturated rings. The van der Waals surface area contributed by atoms with E-state index in [2.05, 4.69) is 5.32 Å². The monoisotopic (exact) mass is 572 g/mol. The van der Waals surface area contributed by atoms with Gasteiger partial charge in [0.2, 0.25) is 0 Å². The number of carbonyl (C=O) groups is 1. The minimum absolute atomic E-state index is 0.0610. The molecule has 0 aliphatic carbocycles. The van der Waals surface area contributed by atoms with Crippen molar-refractivity contribution >= 4 is 40.9 Å². The van der Waals surface area contributed by atoms with Crippen LogP contribution in [-0.2, 0) is 18.0 Å². The van der Waals surface area contributed by atoms with Crippen molar-refractivity contribution in [1.29, 1.82) is 5.26 Å². The van der Waals surface area contributed by atoms with Crippen molar-refractivity contribution in [2.24, 2.45) is 0 Å². The fourth-order valence-electron chi connectivity index (χ4n) is 3.71. The van der Waals surface area contributed by atoms with Crippen LogP contribution in [0.3, 0.4) is 0 Å². The molecule has 0 saturated heterocycles. The Morgan fingerprint density at radius 1 is 0.875 bits per heavy atom. The lowest BCUT2D eigenvalue weighted by molar-refractivity contribution is -0.112. The predicted octanol–water partition coefficient (Wildman–Crippen LogP) is 8.10. The molecule has 0 aliphatic rings. The van der Waals surface area contributed by atoms with Crippen molar-refractivity contribution in [1.82, 2.24) is 0 Å². The molecule has 4 rings (SSSR count).